The molecule has 0 N–H and O–H groups in total. The van der Waals surface area contributed by atoms with Crippen LogP contribution in [0.4, 0.5) is 0 Å². The number of hydrogen-bond donors (Lipinski definition) is 0. The van der Waals surface area contributed by atoms with Gasteiger partial charge in [-0.25, -0.2) is 0 Å². The molecule has 0 radical (unpaired) electrons. The molecule has 0 saturated heterocycles. The van der Waals surface area contributed by atoms with Crippen LogP contribution in [0.1, 0.15) is 6.42 Å². The topological polar surface area (TPSA) is 17.1 Å². The molecule has 0 amide bonds. The first kappa shape index (κ1) is 15.5. The van der Waals surface area contributed by atoms with Crippen LogP contribution in [0.2, 0.25) is 0 Å². The number of benzene rings is 3. The van der Waals surface area contributed by atoms with Crippen molar-refractivity contribution in [1.29, 1.82) is 0 Å². The quantitative estimate of drug-likeness (QED) is 0.521. The predicted molar refractivity (Wildman–Crippen MR) is 109 cm³/mol. The molecule has 0 aromatic heterocycles. The van der Waals surface area contributed by atoms with Crippen molar-refractivity contribution in [3.05, 3.63) is 102 Å². The van der Waals surface area contributed by atoms with Gasteiger partial charge in [-0.3, -0.25) is 4.79 Å². The van der Waals surface area contributed by atoms with Crippen LogP contribution in [-0.4, -0.2) is 13.9 Å². The largest absolute Gasteiger partial charge is 0.295 e. The third kappa shape index (κ3) is 2.19. The van der Waals surface area contributed by atoms with Crippen LogP contribution in [0, 0.1) is 11.8 Å². The number of ketones is 1. The summed E-state index contributed by atoms with van der Waals surface area (Å²) >= 11 is 0. The lowest BCUT2D eigenvalue weighted by molar-refractivity contribution is -0.115. The highest BCUT2D eigenvalue weighted by Gasteiger charge is 2.56. The Balaban J connectivity index is 1.87. The summed E-state index contributed by atoms with van der Waals surface area (Å²) in [6.07, 6.45) is 3.36. The molecule has 1 nitrogen and oxygen atoms in total. The van der Waals surface area contributed by atoms with E-state index in [2.05, 4.69) is 97.1 Å². The van der Waals surface area contributed by atoms with Gasteiger partial charge in [-0.2, -0.15) is 0 Å². The predicted octanol–water partition coefficient (Wildman–Crippen LogP) is 2.84. The average molecular weight is 353 g/mol. The Morgan fingerprint density at radius 1 is 0.654 bits per heavy atom. The normalized spacial score (nSPS) is 21.2. The summed E-state index contributed by atoms with van der Waals surface area (Å²) in [6.45, 7) is 0. The number of carbonyl (C=O) groups is 1. The van der Waals surface area contributed by atoms with E-state index in [-0.39, 0.29) is 5.92 Å². The zero-order valence-corrected chi connectivity index (χ0v) is 15.5. The minimum Gasteiger partial charge on any atom is -0.295 e. The summed E-state index contributed by atoms with van der Waals surface area (Å²) in [5, 5.41) is 4.96. The molecule has 2 heteroatoms. The minimum absolute atomic E-state index is 0.244. The third-order valence-corrected chi connectivity index (χ3v) is 10.7. The maximum Gasteiger partial charge on any atom is 0.183 e. The molecule has 0 aliphatic heterocycles. The van der Waals surface area contributed by atoms with E-state index in [1.165, 1.54) is 15.6 Å². The van der Waals surface area contributed by atoms with Crippen molar-refractivity contribution in [2.75, 3.05) is 0 Å². The molecular formula is C24H20OSi. The molecule has 5 rings (SSSR count). The lowest BCUT2D eigenvalue weighted by Gasteiger charge is -2.35. The van der Waals surface area contributed by atoms with Gasteiger partial charge in [-0.1, -0.05) is 97.1 Å². The Labute approximate surface area is 155 Å². The average Bonchev–Trinajstić information content (AvgIpc) is 3.42. The van der Waals surface area contributed by atoms with Crippen LogP contribution in [-0.2, 0) is 4.79 Å². The number of carbonyl (C=O) groups excluding carboxylic acids is 1. The number of fused-ring (bicyclic) bond motifs is 1. The van der Waals surface area contributed by atoms with E-state index in [9.17, 15) is 4.79 Å². The monoisotopic (exact) mass is 352 g/mol. The van der Waals surface area contributed by atoms with Gasteiger partial charge < -0.3 is 0 Å². The highest BCUT2D eigenvalue weighted by Crippen LogP contribution is 2.49. The van der Waals surface area contributed by atoms with Gasteiger partial charge >= 0.3 is 0 Å². The highest BCUT2D eigenvalue weighted by atomic mass is 28.3. The molecule has 26 heavy (non-hydrogen) atoms. The second-order valence-corrected chi connectivity index (χ2v) is 11.1. The van der Waals surface area contributed by atoms with Gasteiger partial charge in [0.2, 0.25) is 0 Å². The van der Waals surface area contributed by atoms with Gasteiger partial charge in [-0.05, 0) is 33.1 Å². The van der Waals surface area contributed by atoms with E-state index in [1.807, 2.05) is 0 Å². The van der Waals surface area contributed by atoms with Crippen molar-refractivity contribution in [1.82, 2.24) is 0 Å². The second-order valence-electron chi connectivity index (χ2n) is 7.30. The van der Waals surface area contributed by atoms with Crippen LogP contribution in [0.3, 0.4) is 0 Å². The zero-order chi connectivity index (χ0) is 17.6. The molecule has 1 saturated carbocycles. The number of rotatable bonds is 4. The van der Waals surface area contributed by atoms with Gasteiger partial charge in [0.05, 0.1) is 0 Å². The van der Waals surface area contributed by atoms with E-state index < -0.39 is 8.07 Å². The molecule has 3 aromatic carbocycles. The fraction of sp³-hybridized carbons (Fsp3) is 0.125. The first-order valence-corrected chi connectivity index (χ1v) is 11.2. The van der Waals surface area contributed by atoms with E-state index in [0.29, 0.717) is 11.7 Å². The maximum absolute atomic E-state index is 13.3. The van der Waals surface area contributed by atoms with Crippen molar-refractivity contribution in [2.45, 2.75) is 6.42 Å². The van der Waals surface area contributed by atoms with E-state index in [1.54, 1.807) is 0 Å². The van der Waals surface area contributed by atoms with E-state index in [4.69, 9.17) is 0 Å². The summed E-state index contributed by atoms with van der Waals surface area (Å²) in [4.78, 5) is 13.3. The summed E-state index contributed by atoms with van der Waals surface area (Å²) < 4.78 is 0. The molecule has 0 unspecified atom stereocenters. The van der Waals surface area contributed by atoms with Crippen molar-refractivity contribution in [3.63, 3.8) is 0 Å². The summed E-state index contributed by atoms with van der Waals surface area (Å²) in [5.74, 6) is 1.10. The zero-order valence-electron chi connectivity index (χ0n) is 14.5. The van der Waals surface area contributed by atoms with Crippen LogP contribution in [0.25, 0.3) is 0 Å². The summed E-state index contributed by atoms with van der Waals surface area (Å²) in [7, 11) is -2.55. The van der Waals surface area contributed by atoms with Crippen LogP contribution in [0.15, 0.2) is 102 Å². The standard InChI is InChI=1S/C24H20OSi/c25-24-22-16-18(22)17-23(24)26(19-10-4-1-5-11-19,20-12-6-2-7-13-20)21-14-8-3-9-15-21/h1-15,17-18,22H,16H2/t18-,22-/m0/s1. The third-order valence-electron chi connectivity index (χ3n) is 5.85. The SMILES string of the molecule is O=C1C([Si](c2ccccc2)(c2ccccc2)c2ccccc2)=C[C@@H]2C[C@H]12. The molecule has 2 aliphatic carbocycles. The molecular weight excluding hydrogens is 332 g/mol. The first-order chi connectivity index (χ1) is 12.8. The highest BCUT2D eigenvalue weighted by molar-refractivity contribution is 7.18. The van der Waals surface area contributed by atoms with Crippen LogP contribution < -0.4 is 15.6 Å². The fourth-order valence-electron chi connectivity index (χ4n) is 4.54. The summed E-state index contributed by atoms with van der Waals surface area (Å²) in [6, 6.07) is 32.1. The maximum atomic E-state index is 13.3. The van der Waals surface area contributed by atoms with E-state index >= 15 is 0 Å². The molecule has 1 fully saturated rings. The number of allylic oxidation sites excluding steroid dienone is 2. The molecule has 0 spiro atoms. The van der Waals surface area contributed by atoms with Crippen molar-refractivity contribution in [2.24, 2.45) is 11.8 Å². The molecule has 126 valence electrons. The van der Waals surface area contributed by atoms with Gasteiger partial charge in [-0.15, -0.1) is 0 Å². The van der Waals surface area contributed by atoms with Crippen molar-refractivity contribution < 1.29 is 4.79 Å². The minimum atomic E-state index is -2.55. The fourth-order valence-corrected chi connectivity index (χ4v) is 9.57. The van der Waals surface area contributed by atoms with Gasteiger partial charge in [0, 0.05) is 5.92 Å². The Hall–Kier alpha value is -2.71. The Kier molecular flexibility index (Phi) is 3.54. The Bertz CT molecular complexity index is 880. The van der Waals surface area contributed by atoms with Crippen LogP contribution >= 0.6 is 0 Å². The molecule has 0 heterocycles. The lowest BCUT2D eigenvalue weighted by Crippen LogP contribution is -2.69. The Morgan fingerprint density at radius 2 is 1.08 bits per heavy atom. The smallest absolute Gasteiger partial charge is 0.183 e. The van der Waals surface area contributed by atoms with Gasteiger partial charge in [0.1, 0.15) is 0 Å². The first-order valence-electron chi connectivity index (χ1n) is 9.25. The van der Waals surface area contributed by atoms with Crippen LogP contribution in [0.5, 0.6) is 0 Å². The molecule has 2 aliphatic rings. The van der Waals surface area contributed by atoms with Crippen molar-refractivity contribution >= 4 is 29.4 Å². The Morgan fingerprint density at radius 3 is 1.42 bits per heavy atom. The molecule has 2 atom stereocenters. The summed E-state index contributed by atoms with van der Waals surface area (Å²) in [5.41, 5.74) is 0. The van der Waals surface area contributed by atoms with Gasteiger partial charge in [0.15, 0.2) is 13.9 Å². The molecule has 3 aromatic rings. The number of hydrogen-bond acceptors (Lipinski definition) is 1. The lowest BCUT2D eigenvalue weighted by atomic mass is 10.3. The second kappa shape index (κ2) is 5.92. The van der Waals surface area contributed by atoms with E-state index in [0.717, 1.165) is 11.6 Å². The van der Waals surface area contributed by atoms with Crippen molar-refractivity contribution in [3.8, 4) is 0 Å². The molecule has 0 bridgehead atoms. The number of Topliss-reactive ketones (excluding diaryl/α,β-unsaturated/α-hetero) is 1. The van der Waals surface area contributed by atoms with Gasteiger partial charge in [0.25, 0.3) is 0 Å².